The first kappa shape index (κ1) is 15.6. The van der Waals surface area contributed by atoms with Gasteiger partial charge in [0.2, 0.25) is 0 Å². The van der Waals surface area contributed by atoms with Crippen molar-refractivity contribution in [1.82, 2.24) is 4.72 Å². The number of hydrogen-bond donors (Lipinski definition) is 1. The van der Waals surface area contributed by atoms with E-state index in [1.807, 2.05) is 21.5 Å². The molecule has 0 bridgehead atoms. The van der Waals surface area contributed by atoms with Gasteiger partial charge in [0.15, 0.2) is 11.5 Å². The number of amides is 1. The Hall–Kier alpha value is -2.32. The van der Waals surface area contributed by atoms with Crippen molar-refractivity contribution in [3.05, 3.63) is 46.7 Å². The highest BCUT2D eigenvalue weighted by Gasteiger charge is 2.20. The van der Waals surface area contributed by atoms with Gasteiger partial charge in [0.05, 0.1) is 4.90 Å². The van der Waals surface area contributed by atoms with Gasteiger partial charge in [-0.05, 0) is 40.6 Å². The van der Waals surface area contributed by atoms with Crippen LogP contribution >= 0.6 is 11.3 Å². The topological polar surface area (TPSA) is 81.7 Å². The number of ether oxygens (including phenoxy) is 2. The molecule has 120 valence electrons. The van der Waals surface area contributed by atoms with Crippen LogP contribution in [0.2, 0.25) is 0 Å². The van der Waals surface area contributed by atoms with Crippen LogP contribution in [0.25, 0.3) is 6.08 Å². The Bertz CT molecular complexity index is 841. The van der Waals surface area contributed by atoms with E-state index >= 15 is 0 Å². The number of carbonyl (C=O) groups excluding carboxylic acids is 1. The second-order valence-corrected chi connectivity index (χ2v) is 7.13. The summed E-state index contributed by atoms with van der Waals surface area (Å²) < 4.78 is 37.1. The van der Waals surface area contributed by atoms with E-state index in [2.05, 4.69) is 0 Å². The van der Waals surface area contributed by atoms with Crippen molar-refractivity contribution >= 4 is 33.3 Å². The molecule has 23 heavy (non-hydrogen) atoms. The third-order valence-electron chi connectivity index (χ3n) is 3.03. The summed E-state index contributed by atoms with van der Waals surface area (Å²) in [6, 6.07) is 6.04. The molecule has 0 spiro atoms. The predicted molar refractivity (Wildman–Crippen MR) is 86.1 cm³/mol. The van der Waals surface area contributed by atoms with Crippen LogP contribution in [0.15, 0.2) is 46.0 Å². The van der Waals surface area contributed by atoms with Crippen LogP contribution in [0.3, 0.4) is 0 Å². The van der Waals surface area contributed by atoms with Crippen molar-refractivity contribution in [3.63, 3.8) is 0 Å². The average Bonchev–Trinajstić information content (AvgIpc) is 3.05. The molecule has 0 aliphatic carbocycles. The van der Waals surface area contributed by atoms with E-state index < -0.39 is 15.9 Å². The Morgan fingerprint density at radius 3 is 2.70 bits per heavy atom. The molecule has 1 aromatic heterocycles. The van der Waals surface area contributed by atoms with Crippen LogP contribution in [-0.2, 0) is 14.8 Å². The van der Waals surface area contributed by atoms with Crippen LogP contribution < -0.4 is 14.2 Å². The van der Waals surface area contributed by atoms with Crippen LogP contribution in [0.5, 0.6) is 11.5 Å². The fourth-order valence-corrected chi connectivity index (χ4v) is 3.55. The second-order valence-electron chi connectivity index (χ2n) is 4.67. The SMILES string of the molecule is O=C(C=Cc1ccsc1)NS(=O)(=O)c1ccc2c(c1)OCCO2. The summed E-state index contributed by atoms with van der Waals surface area (Å²) in [6.07, 6.45) is 2.72. The van der Waals surface area contributed by atoms with Gasteiger partial charge in [-0.15, -0.1) is 0 Å². The molecule has 1 amide bonds. The maximum Gasteiger partial charge on any atom is 0.264 e. The van der Waals surface area contributed by atoms with Gasteiger partial charge >= 0.3 is 0 Å². The molecule has 0 fully saturated rings. The van der Waals surface area contributed by atoms with E-state index in [4.69, 9.17) is 9.47 Å². The lowest BCUT2D eigenvalue weighted by Gasteiger charge is -2.18. The second kappa shape index (κ2) is 6.43. The summed E-state index contributed by atoms with van der Waals surface area (Å²) in [5.74, 6) is 0.116. The predicted octanol–water partition coefficient (Wildman–Crippen LogP) is 2.04. The van der Waals surface area contributed by atoms with E-state index in [0.717, 1.165) is 5.56 Å². The number of fused-ring (bicyclic) bond motifs is 1. The fraction of sp³-hybridized carbons (Fsp3) is 0.133. The van der Waals surface area contributed by atoms with Gasteiger partial charge in [0, 0.05) is 12.1 Å². The van der Waals surface area contributed by atoms with Crippen molar-refractivity contribution in [2.75, 3.05) is 13.2 Å². The number of nitrogens with one attached hydrogen (secondary N) is 1. The van der Waals surface area contributed by atoms with Crippen LogP contribution in [0.4, 0.5) is 0 Å². The van der Waals surface area contributed by atoms with Gasteiger partial charge in [0.25, 0.3) is 15.9 Å². The van der Waals surface area contributed by atoms with E-state index in [1.54, 1.807) is 6.08 Å². The number of hydrogen-bond acceptors (Lipinski definition) is 6. The maximum absolute atomic E-state index is 12.2. The van der Waals surface area contributed by atoms with Crippen molar-refractivity contribution in [2.45, 2.75) is 4.90 Å². The summed E-state index contributed by atoms with van der Waals surface area (Å²) in [4.78, 5) is 11.7. The number of rotatable bonds is 4. The van der Waals surface area contributed by atoms with Gasteiger partial charge in [0.1, 0.15) is 13.2 Å². The lowest BCUT2D eigenvalue weighted by atomic mass is 10.3. The third kappa shape index (κ3) is 3.72. The molecule has 3 rings (SSSR count). The van der Waals surface area contributed by atoms with Crippen LogP contribution in [-0.4, -0.2) is 27.5 Å². The summed E-state index contributed by atoms with van der Waals surface area (Å²) in [5.41, 5.74) is 0.835. The summed E-state index contributed by atoms with van der Waals surface area (Å²) in [6.45, 7) is 0.773. The van der Waals surface area contributed by atoms with Crippen LogP contribution in [0.1, 0.15) is 5.56 Å². The molecule has 8 heteroatoms. The average molecular weight is 351 g/mol. The smallest absolute Gasteiger partial charge is 0.264 e. The summed E-state index contributed by atoms with van der Waals surface area (Å²) >= 11 is 1.49. The minimum atomic E-state index is -3.97. The molecule has 1 aliphatic rings. The highest BCUT2D eigenvalue weighted by molar-refractivity contribution is 7.90. The van der Waals surface area contributed by atoms with Gasteiger partial charge in [-0.3, -0.25) is 4.79 Å². The molecule has 1 N–H and O–H groups in total. The standard InChI is InChI=1S/C15H13NO5S2/c17-15(4-1-11-5-8-22-10-11)16-23(18,19)12-2-3-13-14(9-12)21-7-6-20-13/h1-5,8-10H,6-7H2,(H,16,17). The van der Waals surface area contributed by atoms with Gasteiger partial charge in [-0.25, -0.2) is 13.1 Å². The third-order valence-corrected chi connectivity index (χ3v) is 5.08. The van der Waals surface area contributed by atoms with Crippen molar-refractivity contribution < 1.29 is 22.7 Å². The molecule has 0 radical (unpaired) electrons. The number of thiophene rings is 1. The molecule has 2 aromatic rings. The molecule has 2 heterocycles. The number of carbonyl (C=O) groups is 1. The normalized spacial score (nSPS) is 13.9. The van der Waals surface area contributed by atoms with Gasteiger partial charge in [-0.1, -0.05) is 0 Å². The molecule has 0 saturated heterocycles. The zero-order valence-corrected chi connectivity index (χ0v) is 13.5. The molecule has 1 aliphatic heterocycles. The van der Waals surface area contributed by atoms with E-state index in [1.165, 1.54) is 35.6 Å². The Kier molecular flexibility index (Phi) is 4.35. The van der Waals surface area contributed by atoms with E-state index in [-0.39, 0.29) is 4.90 Å². The highest BCUT2D eigenvalue weighted by Crippen LogP contribution is 2.32. The number of sulfonamides is 1. The molecule has 1 aromatic carbocycles. The van der Waals surface area contributed by atoms with Crippen molar-refractivity contribution in [1.29, 1.82) is 0 Å². The lowest BCUT2D eigenvalue weighted by Crippen LogP contribution is -2.29. The maximum atomic E-state index is 12.2. The lowest BCUT2D eigenvalue weighted by molar-refractivity contribution is -0.114. The molecule has 0 atom stereocenters. The fourth-order valence-electron chi connectivity index (χ4n) is 1.96. The first-order valence-electron chi connectivity index (χ1n) is 6.71. The number of benzene rings is 1. The van der Waals surface area contributed by atoms with Crippen molar-refractivity contribution in [2.24, 2.45) is 0 Å². The van der Waals surface area contributed by atoms with Crippen LogP contribution in [0, 0.1) is 0 Å². The Labute approximate surface area is 137 Å². The molecular weight excluding hydrogens is 338 g/mol. The molecular formula is C15H13NO5S2. The minimum absolute atomic E-state index is 0.0565. The van der Waals surface area contributed by atoms with Crippen molar-refractivity contribution in [3.8, 4) is 11.5 Å². The quantitative estimate of drug-likeness (QED) is 0.853. The first-order valence-corrected chi connectivity index (χ1v) is 9.14. The molecule has 0 saturated carbocycles. The molecule has 6 nitrogen and oxygen atoms in total. The summed E-state index contributed by atoms with van der Waals surface area (Å²) in [5, 5.41) is 3.71. The Balaban J connectivity index is 1.75. The van der Waals surface area contributed by atoms with Gasteiger partial charge < -0.3 is 9.47 Å². The van der Waals surface area contributed by atoms with E-state index in [0.29, 0.717) is 24.7 Å². The Morgan fingerprint density at radius 2 is 1.96 bits per heavy atom. The largest absolute Gasteiger partial charge is 0.486 e. The zero-order chi connectivity index (χ0) is 16.3. The monoisotopic (exact) mass is 351 g/mol. The molecule has 0 unspecified atom stereocenters. The zero-order valence-electron chi connectivity index (χ0n) is 11.9. The summed E-state index contributed by atoms with van der Waals surface area (Å²) in [7, 11) is -3.97. The van der Waals surface area contributed by atoms with Gasteiger partial charge in [-0.2, -0.15) is 11.3 Å². The highest BCUT2D eigenvalue weighted by atomic mass is 32.2. The Morgan fingerprint density at radius 1 is 1.17 bits per heavy atom. The minimum Gasteiger partial charge on any atom is -0.486 e. The van der Waals surface area contributed by atoms with E-state index in [9.17, 15) is 13.2 Å². The first-order chi connectivity index (χ1) is 11.0.